The molecule has 2 aromatic rings. The summed E-state index contributed by atoms with van der Waals surface area (Å²) in [5, 5.41) is 3.09. The Morgan fingerprint density at radius 1 is 1.00 bits per heavy atom. The van der Waals surface area contributed by atoms with E-state index in [0.717, 1.165) is 42.7 Å². The molecule has 3 heteroatoms. The Morgan fingerprint density at radius 2 is 1.61 bits per heavy atom. The van der Waals surface area contributed by atoms with Crippen LogP contribution in [0.2, 0.25) is 0 Å². The maximum absolute atomic E-state index is 13.0. The van der Waals surface area contributed by atoms with Crippen LogP contribution in [0.1, 0.15) is 36.8 Å². The molecule has 2 aromatic carbocycles. The van der Waals surface area contributed by atoms with Crippen LogP contribution in [0.25, 0.3) is 0 Å². The van der Waals surface area contributed by atoms with Crippen LogP contribution in [-0.4, -0.2) is 13.0 Å². The number of ether oxygens (including phenoxy) is 1. The first-order valence-electron chi connectivity index (χ1n) is 8.17. The zero-order chi connectivity index (χ0) is 16.3. The fourth-order valence-corrected chi connectivity index (χ4v) is 3.42. The van der Waals surface area contributed by atoms with E-state index < -0.39 is 5.41 Å². The summed E-state index contributed by atoms with van der Waals surface area (Å²) in [6.45, 7) is 2.07. The number of hydrogen-bond acceptors (Lipinski definition) is 2. The number of rotatable bonds is 4. The summed E-state index contributed by atoms with van der Waals surface area (Å²) >= 11 is 0. The predicted molar refractivity (Wildman–Crippen MR) is 92.9 cm³/mol. The number of methoxy groups -OCH3 is 1. The number of anilines is 1. The summed E-state index contributed by atoms with van der Waals surface area (Å²) in [5.74, 6) is 0.890. The van der Waals surface area contributed by atoms with Gasteiger partial charge in [-0.3, -0.25) is 4.79 Å². The van der Waals surface area contributed by atoms with Crippen molar-refractivity contribution >= 4 is 11.6 Å². The van der Waals surface area contributed by atoms with E-state index in [4.69, 9.17) is 4.74 Å². The zero-order valence-corrected chi connectivity index (χ0v) is 13.8. The molecule has 1 fully saturated rings. The molecule has 1 saturated carbocycles. The van der Waals surface area contributed by atoms with Crippen molar-refractivity contribution in [3.8, 4) is 5.75 Å². The van der Waals surface area contributed by atoms with Gasteiger partial charge in [-0.05, 0) is 49.6 Å². The van der Waals surface area contributed by atoms with Crippen LogP contribution in [0.15, 0.2) is 48.5 Å². The lowest BCUT2D eigenvalue weighted by atomic mass is 9.77. The molecule has 3 rings (SSSR count). The topological polar surface area (TPSA) is 38.3 Å². The lowest BCUT2D eigenvalue weighted by Crippen LogP contribution is -2.37. The Kier molecular flexibility index (Phi) is 4.37. The average Bonchev–Trinajstić information content (AvgIpc) is 3.07. The smallest absolute Gasteiger partial charge is 0.235 e. The molecule has 0 heterocycles. The summed E-state index contributed by atoms with van der Waals surface area (Å²) in [5.41, 5.74) is 2.77. The second-order valence-corrected chi connectivity index (χ2v) is 6.34. The Hall–Kier alpha value is -2.29. The summed E-state index contributed by atoms with van der Waals surface area (Å²) in [7, 11) is 1.64. The van der Waals surface area contributed by atoms with E-state index in [1.54, 1.807) is 7.11 Å². The third-order valence-electron chi connectivity index (χ3n) is 4.84. The van der Waals surface area contributed by atoms with Gasteiger partial charge in [-0.15, -0.1) is 0 Å². The minimum Gasteiger partial charge on any atom is -0.497 e. The summed E-state index contributed by atoms with van der Waals surface area (Å²) in [6, 6.07) is 15.9. The lowest BCUT2D eigenvalue weighted by Gasteiger charge is -2.28. The van der Waals surface area contributed by atoms with Crippen molar-refractivity contribution in [2.45, 2.75) is 38.0 Å². The van der Waals surface area contributed by atoms with Gasteiger partial charge in [0, 0.05) is 5.69 Å². The zero-order valence-electron chi connectivity index (χ0n) is 13.8. The van der Waals surface area contributed by atoms with Crippen molar-refractivity contribution in [3.63, 3.8) is 0 Å². The van der Waals surface area contributed by atoms with Crippen molar-refractivity contribution in [2.75, 3.05) is 12.4 Å². The first-order chi connectivity index (χ1) is 11.1. The molecule has 3 nitrogen and oxygen atoms in total. The maximum atomic E-state index is 13.0. The molecular weight excluding hydrogens is 286 g/mol. The van der Waals surface area contributed by atoms with Gasteiger partial charge < -0.3 is 10.1 Å². The highest BCUT2D eigenvalue weighted by atomic mass is 16.5. The third kappa shape index (κ3) is 3.09. The first-order valence-corrected chi connectivity index (χ1v) is 8.17. The van der Waals surface area contributed by atoms with Crippen molar-refractivity contribution < 1.29 is 9.53 Å². The molecule has 0 radical (unpaired) electrons. The summed E-state index contributed by atoms with van der Waals surface area (Å²) < 4.78 is 5.16. The SMILES string of the molecule is COc1ccc(NC(=O)C2(c3ccc(C)cc3)CCCC2)cc1. The van der Waals surface area contributed by atoms with Gasteiger partial charge >= 0.3 is 0 Å². The molecule has 120 valence electrons. The normalized spacial score (nSPS) is 16.1. The molecule has 0 bridgehead atoms. The maximum Gasteiger partial charge on any atom is 0.235 e. The molecule has 1 aliphatic carbocycles. The summed E-state index contributed by atoms with van der Waals surface area (Å²) in [4.78, 5) is 13.0. The van der Waals surface area contributed by atoms with E-state index >= 15 is 0 Å². The fraction of sp³-hybridized carbons (Fsp3) is 0.350. The molecule has 1 N–H and O–H groups in total. The molecule has 0 atom stereocenters. The Labute approximate surface area is 137 Å². The number of carbonyl (C=O) groups excluding carboxylic acids is 1. The number of carbonyl (C=O) groups is 1. The Morgan fingerprint density at radius 3 is 2.17 bits per heavy atom. The van der Waals surface area contributed by atoms with Gasteiger partial charge in [0.1, 0.15) is 5.75 Å². The van der Waals surface area contributed by atoms with Crippen LogP contribution in [0, 0.1) is 6.92 Å². The van der Waals surface area contributed by atoms with Gasteiger partial charge in [-0.25, -0.2) is 0 Å². The van der Waals surface area contributed by atoms with Crippen LogP contribution >= 0.6 is 0 Å². The molecule has 0 aliphatic heterocycles. The second-order valence-electron chi connectivity index (χ2n) is 6.34. The van der Waals surface area contributed by atoms with Crippen LogP contribution < -0.4 is 10.1 Å². The standard InChI is InChI=1S/C20H23NO2/c1-15-5-7-16(8-6-15)20(13-3-4-14-20)19(22)21-17-9-11-18(23-2)12-10-17/h5-12H,3-4,13-14H2,1-2H3,(H,21,22). The highest BCUT2D eigenvalue weighted by Gasteiger charge is 2.42. The van der Waals surface area contributed by atoms with Crippen molar-refractivity contribution in [1.29, 1.82) is 0 Å². The van der Waals surface area contributed by atoms with Gasteiger partial charge in [0.05, 0.1) is 12.5 Å². The number of hydrogen-bond donors (Lipinski definition) is 1. The molecule has 23 heavy (non-hydrogen) atoms. The van der Waals surface area contributed by atoms with Gasteiger partial charge in [0.15, 0.2) is 0 Å². The van der Waals surface area contributed by atoms with E-state index in [1.807, 2.05) is 24.3 Å². The molecule has 0 saturated heterocycles. The van der Waals surface area contributed by atoms with Crippen LogP contribution in [0.4, 0.5) is 5.69 Å². The molecule has 1 amide bonds. The van der Waals surface area contributed by atoms with E-state index in [9.17, 15) is 4.79 Å². The number of nitrogens with one attached hydrogen (secondary N) is 1. The fourth-order valence-electron chi connectivity index (χ4n) is 3.42. The lowest BCUT2D eigenvalue weighted by molar-refractivity contribution is -0.121. The van der Waals surface area contributed by atoms with E-state index in [0.29, 0.717) is 0 Å². The first kappa shape index (κ1) is 15.6. The van der Waals surface area contributed by atoms with Crippen LogP contribution in [0.3, 0.4) is 0 Å². The average molecular weight is 309 g/mol. The minimum absolute atomic E-state index is 0.101. The van der Waals surface area contributed by atoms with Crippen molar-refractivity contribution in [1.82, 2.24) is 0 Å². The molecule has 0 spiro atoms. The third-order valence-corrected chi connectivity index (χ3v) is 4.84. The van der Waals surface area contributed by atoms with Crippen molar-refractivity contribution in [2.24, 2.45) is 0 Å². The van der Waals surface area contributed by atoms with E-state index in [1.165, 1.54) is 5.56 Å². The van der Waals surface area contributed by atoms with Gasteiger partial charge in [0.2, 0.25) is 5.91 Å². The largest absolute Gasteiger partial charge is 0.497 e. The number of aryl methyl sites for hydroxylation is 1. The highest BCUT2D eigenvalue weighted by Crippen LogP contribution is 2.42. The Bertz CT molecular complexity index is 668. The van der Waals surface area contributed by atoms with E-state index in [2.05, 4.69) is 36.5 Å². The number of benzene rings is 2. The molecule has 0 unspecified atom stereocenters. The predicted octanol–water partition coefficient (Wildman–Crippen LogP) is 4.45. The van der Waals surface area contributed by atoms with Crippen LogP contribution in [-0.2, 0) is 10.2 Å². The molecular formula is C20H23NO2. The van der Waals surface area contributed by atoms with E-state index in [-0.39, 0.29) is 5.91 Å². The quantitative estimate of drug-likeness (QED) is 0.906. The second kappa shape index (κ2) is 6.45. The van der Waals surface area contributed by atoms with Gasteiger partial charge in [-0.2, -0.15) is 0 Å². The van der Waals surface area contributed by atoms with Crippen molar-refractivity contribution in [3.05, 3.63) is 59.7 Å². The van der Waals surface area contributed by atoms with Gasteiger partial charge in [-0.1, -0.05) is 42.7 Å². The molecule has 0 aromatic heterocycles. The minimum atomic E-state index is -0.395. The van der Waals surface area contributed by atoms with Gasteiger partial charge in [0.25, 0.3) is 0 Å². The Balaban J connectivity index is 1.85. The molecule has 1 aliphatic rings. The van der Waals surface area contributed by atoms with Crippen LogP contribution in [0.5, 0.6) is 5.75 Å². The number of amides is 1. The monoisotopic (exact) mass is 309 g/mol. The highest BCUT2D eigenvalue weighted by molar-refractivity contribution is 5.99. The summed E-state index contributed by atoms with van der Waals surface area (Å²) in [6.07, 6.45) is 4.03.